The summed E-state index contributed by atoms with van der Waals surface area (Å²) < 4.78 is 37.5. The van der Waals surface area contributed by atoms with Crippen molar-refractivity contribution < 1.29 is 13.2 Å². The highest BCUT2D eigenvalue weighted by Crippen LogP contribution is 2.32. The van der Waals surface area contributed by atoms with E-state index in [-0.39, 0.29) is 0 Å². The molecule has 0 aliphatic heterocycles. The number of hydrogen-bond donors (Lipinski definition) is 0. The van der Waals surface area contributed by atoms with Crippen LogP contribution in [-0.2, 0) is 6.18 Å². The van der Waals surface area contributed by atoms with Gasteiger partial charge in [-0.1, -0.05) is 15.9 Å². The number of rotatable bonds is 5. The standard InChI is InChI=1S/C13H16BrF3N2/c14-7-2-8-19(11-3-1-4-11)12-6-5-10(9-18-12)13(15,16)17/h5-6,9,11H,1-4,7-8H2. The zero-order valence-electron chi connectivity index (χ0n) is 10.5. The molecule has 0 amide bonds. The molecule has 0 N–H and O–H groups in total. The lowest BCUT2D eigenvalue weighted by Gasteiger charge is -2.38. The summed E-state index contributed by atoms with van der Waals surface area (Å²) in [6.45, 7) is 0.828. The molecule has 0 saturated heterocycles. The van der Waals surface area contributed by atoms with E-state index in [2.05, 4.69) is 25.8 Å². The molecule has 1 aliphatic carbocycles. The van der Waals surface area contributed by atoms with Gasteiger partial charge < -0.3 is 4.90 Å². The van der Waals surface area contributed by atoms with Gasteiger partial charge in [0.15, 0.2) is 0 Å². The van der Waals surface area contributed by atoms with Crippen molar-refractivity contribution in [1.29, 1.82) is 0 Å². The maximum Gasteiger partial charge on any atom is 0.417 e. The lowest BCUT2D eigenvalue weighted by atomic mass is 9.91. The molecule has 2 rings (SSSR count). The van der Waals surface area contributed by atoms with Crippen LogP contribution in [0.4, 0.5) is 19.0 Å². The fraction of sp³-hybridized carbons (Fsp3) is 0.615. The van der Waals surface area contributed by atoms with Crippen molar-refractivity contribution in [3.05, 3.63) is 23.9 Å². The molecule has 0 radical (unpaired) electrons. The van der Waals surface area contributed by atoms with E-state index < -0.39 is 11.7 Å². The summed E-state index contributed by atoms with van der Waals surface area (Å²) in [5, 5.41) is 0.886. The second-order valence-electron chi connectivity index (χ2n) is 4.72. The van der Waals surface area contributed by atoms with E-state index in [0.29, 0.717) is 11.9 Å². The predicted octanol–water partition coefficient (Wildman–Crippen LogP) is 4.24. The summed E-state index contributed by atoms with van der Waals surface area (Å²) in [5.41, 5.74) is -0.690. The highest BCUT2D eigenvalue weighted by atomic mass is 79.9. The van der Waals surface area contributed by atoms with Gasteiger partial charge in [-0.2, -0.15) is 13.2 Å². The molecule has 2 nitrogen and oxygen atoms in total. The Kier molecular flexibility index (Phi) is 4.71. The minimum Gasteiger partial charge on any atom is -0.354 e. The van der Waals surface area contributed by atoms with E-state index in [1.54, 1.807) is 0 Å². The molecule has 0 unspecified atom stereocenters. The third-order valence-electron chi connectivity index (χ3n) is 3.42. The van der Waals surface area contributed by atoms with Crippen molar-refractivity contribution in [2.75, 3.05) is 16.8 Å². The lowest BCUT2D eigenvalue weighted by Crippen LogP contribution is -2.41. The highest BCUT2D eigenvalue weighted by molar-refractivity contribution is 9.09. The number of hydrogen-bond acceptors (Lipinski definition) is 2. The zero-order chi connectivity index (χ0) is 13.9. The topological polar surface area (TPSA) is 16.1 Å². The summed E-state index contributed by atoms with van der Waals surface area (Å²) in [5.74, 6) is 0.652. The smallest absolute Gasteiger partial charge is 0.354 e. The van der Waals surface area contributed by atoms with Crippen LogP contribution in [0.1, 0.15) is 31.2 Å². The molecule has 1 saturated carbocycles. The quantitative estimate of drug-likeness (QED) is 0.747. The number of alkyl halides is 4. The van der Waals surface area contributed by atoms with Gasteiger partial charge in [0, 0.05) is 24.1 Å². The molecule has 1 fully saturated rings. The molecule has 6 heteroatoms. The third-order valence-corrected chi connectivity index (χ3v) is 3.98. The average molecular weight is 337 g/mol. The molecular formula is C13H16BrF3N2. The number of aromatic nitrogens is 1. The Balaban J connectivity index is 2.12. The summed E-state index contributed by atoms with van der Waals surface area (Å²) >= 11 is 3.38. The van der Waals surface area contributed by atoms with Crippen LogP contribution < -0.4 is 4.90 Å². The second kappa shape index (κ2) is 6.11. The largest absolute Gasteiger partial charge is 0.417 e. The van der Waals surface area contributed by atoms with Crippen LogP contribution in [0.25, 0.3) is 0 Å². The number of halogens is 4. The van der Waals surface area contributed by atoms with E-state index in [4.69, 9.17) is 0 Å². The summed E-state index contributed by atoms with van der Waals surface area (Å²) in [7, 11) is 0. The molecule has 1 aromatic heterocycles. The van der Waals surface area contributed by atoms with E-state index in [0.717, 1.165) is 43.4 Å². The summed E-state index contributed by atoms with van der Waals surface area (Å²) in [6, 6.07) is 3.03. The Morgan fingerprint density at radius 3 is 2.47 bits per heavy atom. The fourth-order valence-corrected chi connectivity index (χ4v) is 2.39. The van der Waals surface area contributed by atoms with Crippen molar-refractivity contribution in [1.82, 2.24) is 4.98 Å². The lowest BCUT2D eigenvalue weighted by molar-refractivity contribution is -0.137. The van der Waals surface area contributed by atoms with Crippen LogP contribution >= 0.6 is 15.9 Å². The number of nitrogens with zero attached hydrogens (tertiary/aromatic N) is 2. The Hall–Kier alpha value is -0.780. The van der Waals surface area contributed by atoms with Gasteiger partial charge in [0.25, 0.3) is 0 Å². The van der Waals surface area contributed by atoms with Gasteiger partial charge in [-0.05, 0) is 37.8 Å². The van der Waals surface area contributed by atoms with Gasteiger partial charge >= 0.3 is 6.18 Å². The third kappa shape index (κ3) is 3.61. The minimum absolute atomic E-state index is 0.434. The van der Waals surface area contributed by atoms with E-state index in [9.17, 15) is 13.2 Å². The van der Waals surface area contributed by atoms with E-state index in [1.165, 1.54) is 12.5 Å². The van der Waals surface area contributed by atoms with Gasteiger partial charge in [0.05, 0.1) is 5.56 Å². The van der Waals surface area contributed by atoms with Crippen molar-refractivity contribution >= 4 is 21.7 Å². The van der Waals surface area contributed by atoms with Crippen LogP contribution in [0.2, 0.25) is 0 Å². The van der Waals surface area contributed by atoms with Crippen LogP contribution in [-0.4, -0.2) is 22.9 Å². The molecule has 1 heterocycles. The van der Waals surface area contributed by atoms with Crippen molar-refractivity contribution in [3.63, 3.8) is 0 Å². The molecule has 0 atom stereocenters. The van der Waals surface area contributed by atoms with Crippen LogP contribution in [0, 0.1) is 0 Å². The second-order valence-corrected chi connectivity index (χ2v) is 5.52. The van der Waals surface area contributed by atoms with Gasteiger partial charge in [-0.3, -0.25) is 0 Å². The van der Waals surface area contributed by atoms with Crippen molar-refractivity contribution in [2.45, 2.75) is 37.9 Å². The maximum absolute atomic E-state index is 12.5. The highest BCUT2D eigenvalue weighted by Gasteiger charge is 2.31. The van der Waals surface area contributed by atoms with Crippen molar-refractivity contribution in [2.24, 2.45) is 0 Å². The molecule has 1 aromatic rings. The van der Waals surface area contributed by atoms with Gasteiger partial charge in [0.2, 0.25) is 0 Å². The molecule has 0 bridgehead atoms. The first kappa shape index (κ1) is 14.6. The van der Waals surface area contributed by atoms with Crippen molar-refractivity contribution in [3.8, 4) is 0 Å². The Bertz CT molecular complexity index is 401. The first-order valence-electron chi connectivity index (χ1n) is 6.38. The summed E-state index contributed by atoms with van der Waals surface area (Å²) in [6.07, 6.45) is 0.961. The number of pyridine rings is 1. The summed E-state index contributed by atoms with van der Waals surface area (Å²) in [4.78, 5) is 6.12. The molecule has 0 aromatic carbocycles. The Labute approximate surface area is 119 Å². The minimum atomic E-state index is -4.32. The van der Waals surface area contributed by atoms with Crippen LogP contribution in [0.5, 0.6) is 0 Å². The van der Waals surface area contributed by atoms with Gasteiger partial charge in [-0.15, -0.1) is 0 Å². The maximum atomic E-state index is 12.5. The molecule has 0 spiro atoms. The monoisotopic (exact) mass is 336 g/mol. The Morgan fingerprint density at radius 2 is 2.05 bits per heavy atom. The zero-order valence-corrected chi connectivity index (χ0v) is 12.0. The first-order chi connectivity index (χ1) is 9.02. The fourth-order valence-electron chi connectivity index (χ4n) is 2.14. The first-order valence-corrected chi connectivity index (χ1v) is 7.50. The molecule has 19 heavy (non-hydrogen) atoms. The predicted molar refractivity (Wildman–Crippen MR) is 72.6 cm³/mol. The van der Waals surface area contributed by atoms with Gasteiger partial charge in [-0.25, -0.2) is 4.98 Å². The Morgan fingerprint density at radius 1 is 1.32 bits per heavy atom. The molecule has 1 aliphatic rings. The normalized spacial score (nSPS) is 16.2. The van der Waals surface area contributed by atoms with E-state index >= 15 is 0 Å². The van der Waals surface area contributed by atoms with E-state index in [1.807, 2.05) is 0 Å². The number of anilines is 1. The SMILES string of the molecule is FC(F)(F)c1ccc(N(CCCBr)C2CCC2)nc1. The average Bonchev–Trinajstić information content (AvgIpc) is 2.31. The van der Waals surface area contributed by atoms with Crippen LogP contribution in [0.15, 0.2) is 18.3 Å². The molecule has 106 valence electrons. The van der Waals surface area contributed by atoms with Crippen LogP contribution in [0.3, 0.4) is 0 Å². The molecular weight excluding hydrogens is 321 g/mol. The van der Waals surface area contributed by atoms with Gasteiger partial charge in [0.1, 0.15) is 5.82 Å².